The molecular formula is C9H16N4O. The van der Waals surface area contributed by atoms with Gasteiger partial charge in [0.2, 0.25) is 5.91 Å². The summed E-state index contributed by atoms with van der Waals surface area (Å²) in [6.07, 6.45) is 4.10. The van der Waals surface area contributed by atoms with Crippen LogP contribution in [0.15, 0.2) is 12.4 Å². The highest BCUT2D eigenvalue weighted by Gasteiger charge is 1.96. The summed E-state index contributed by atoms with van der Waals surface area (Å²) in [5.74, 6) is 0.734. The molecule has 0 spiro atoms. The van der Waals surface area contributed by atoms with Crippen molar-refractivity contribution in [2.45, 2.75) is 19.9 Å². The number of carbonyl (C=O) groups is 1. The van der Waals surface area contributed by atoms with E-state index in [-0.39, 0.29) is 5.91 Å². The Morgan fingerprint density at radius 3 is 3.00 bits per heavy atom. The van der Waals surface area contributed by atoms with Crippen molar-refractivity contribution in [3.05, 3.63) is 18.2 Å². The molecule has 0 saturated carbocycles. The molecule has 5 nitrogen and oxygen atoms in total. The maximum atomic E-state index is 10.4. The van der Waals surface area contributed by atoms with Crippen molar-refractivity contribution < 1.29 is 4.79 Å². The van der Waals surface area contributed by atoms with Crippen LogP contribution in [-0.2, 0) is 11.3 Å². The third-order valence-electron chi connectivity index (χ3n) is 2.00. The maximum Gasteiger partial charge on any atom is 0.218 e. The highest BCUT2D eigenvalue weighted by atomic mass is 16.1. The zero-order valence-corrected chi connectivity index (χ0v) is 8.36. The van der Waals surface area contributed by atoms with Gasteiger partial charge in [-0.1, -0.05) is 0 Å². The summed E-state index contributed by atoms with van der Waals surface area (Å²) in [4.78, 5) is 14.5. The van der Waals surface area contributed by atoms with Gasteiger partial charge in [-0.25, -0.2) is 4.98 Å². The molecule has 1 aromatic rings. The first kappa shape index (κ1) is 10.7. The standard InChI is InChI=1S/C9H16N4O/c1-8-12-5-7-13(8)6-4-11-3-2-9(10)14/h5,7,11H,2-4,6H2,1H3,(H2,10,14). The molecule has 1 heterocycles. The first-order chi connectivity index (χ1) is 6.70. The number of nitrogens with two attached hydrogens (primary N) is 1. The average molecular weight is 196 g/mol. The molecular weight excluding hydrogens is 180 g/mol. The lowest BCUT2D eigenvalue weighted by Gasteiger charge is -2.05. The van der Waals surface area contributed by atoms with E-state index in [1.165, 1.54) is 0 Å². The van der Waals surface area contributed by atoms with Gasteiger partial charge < -0.3 is 15.6 Å². The van der Waals surface area contributed by atoms with Crippen LogP contribution in [0.25, 0.3) is 0 Å². The highest BCUT2D eigenvalue weighted by molar-refractivity contribution is 5.73. The minimum absolute atomic E-state index is 0.267. The van der Waals surface area contributed by atoms with Crippen molar-refractivity contribution in [3.63, 3.8) is 0 Å². The molecule has 0 saturated heterocycles. The van der Waals surface area contributed by atoms with E-state index in [1.807, 2.05) is 13.1 Å². The monoisotopic (exact) mass is 196 g/mol. The van der Waals surface area contributed by atoms with E-state index in [2.05, 4.69) is 14.9 Å². The molecule has 1 amide bonds. The zero-order chi connectivity index (χ0) is 10.4. The number of hydrogen-bond acceptors (Lipinski definition) is 3. The van der Waals surface area contributed by atoms with Crippen molar-refractivity contribution in [1.29, 1.82) is 0 Å². The first-order valence-corrected chi connectivity index (χ1v) is 4.67. The molecule has 0 atom stereocenters. The Balaban J connectivity index is 2.10. The van der Waals surface area contributed by atoms with E-state index in [1.54, 1.807) is 6.20 Å². The summed E-state index contributed by atoms with van der Waals surface area (Å²) in [6, 6.07) is 0. The molecule has 0 radical (unpaired) electrons. The van der Waals surface area contributed by atoms with Gasteiger partial charge in [-0.2, -0.15) is 0 Å². The van der Waals surface area contributed by atoms with Gasteiger partial charge >= 0.3 is 0 Å². The van der Waals surface area contributed by atoms with Gasteiger partial charge in [0.15, 0.2) is 0 Å². The summed E-state index contributed by atoms with van der Waals surface area (Å²) < 4.78 is 2.05. The van der Waals surface area contributed by atoms with E-state index in [0.717, 1.165) is 18.9 Å². The predicted molar refractivity (Wildman–Crippen MR) is 53.6 cm³/mol. The molecule has 0 fully saturated rings. The number of aryl methyl sites for hydroxylation is 1. The Morgan fingerprint density at radius 1 is 1.64 bits per heavy atom. The Kier molecular flexibility index (Phi) is 4.12. The molecule has 0 aromatic carbocycles. The third-order valence-corrected chi connectivity index (χ3v) is 2.00. The van der Waals surface area contributed by atoms with Gasteiger partial charge in [0.05, 0.1) is 0 Å². The Morgan fingerprint density at radius 2 is 2.43 bits per heavy atom. The van der Waals surface area contributed by atoms with Crippen LogP contribution in [0.5, 0.6) is 0 Å². The first-order valence-electron chi connectivity index (χ1n) is 4.67. The second-order valence-electron chi connectivity index (χ2n) is 3.13. The number of primary amides is 1. The second kappa shape index (κ2) is 5.39. The van der Waals surface area contributed by atoms with Crippen LogP contribution in [0, 0.1) is 6.92 Å². The number of nitrogens with zero attached hydrogens (tertiary/aromatic N) is 2. The largest absolute Gasteiger partial charge is 0.370 e. The molecule has 1 rings (SSSR count). The molecule has 0 aliphatic rings. The number of amides is 1. The number of aromatic nitrogens is 2. The quantitative estimate of drug-likeness (QED) is 0.611. The third kappa shape index (κ3) is 3.57. The fraction of sp³-hybridized carbons (Fsp3) is 0.556. The Bertz CT molecular complexity index is 295. The summed E-state index contributed by atoms with van der Waals surface area (Å²) in [5.41, 5.74) is 5.00. The van der Waals surface area contributed by atoms with Gasteiger partial charge in [0.1, 0.15) is 5.82 Å². The van der Waals surface area contributed by atoms with Gasteiger partial charge in [-0.05, 0) is 6.92 Å². The smallest absolute Gasteiger partial charge is 0.218 e. The summed E-state index contributed by atoms with van der Waals surface area (Å²) in [6.45, 7) is 4.29. The predicted octanol–water partition coefficient (Wildman–Crippen LogP) is -0.343. The fourth-order valence-electron chi connectivity index (χ4n) is 1.18. The Hall–Kier alpha value is -1.36. The topological polar surface area (TPSA) is 72.9 Å². The summed E-state index contributed by atoms with van der Waals surface area (Å²) >= 11 is 0. The normalized spacial score (nSPS) is 10.4. The van der Waals surface area contributed by atoms with Crippen LogP contribution < -0.4 is 11.1 Å². The van der Waals surface area contributed by atoms with Crippen LogP contribution in [0.2, 0.25) is 0 Å². The van der Waals surface area contributed by atoms with Crippen molar-refractivity contribution in [1.82, 2.24) is 14.9 Å². The number of carbonyl (C=O) groups excluding carboxylic acids is 1. The summed E-state index contributed by atoms with van der Waals surface area (Å²) in [7, 11) is 0. The number of rotatable bonds is 6. The van der Waals surface area contributed by atoms with Crippen LogP contribution in [0.1, 0.15) is 12.2 Å². The van der Waals surface area contributed by atoms with Gasteiger partial charge in [-0.3, -0.25) is 4.79 Å². The number of imidazole rings is 1. The van der Waals surface area contributed by atoms with Gasteiger partial charge in [0, 0.05) is 38.4 Å². The van der Waals surface area contributed by atoms with Gasteiger partial charge in [-0.15, -0.1) is 0 Å². The Labute approximate surface area is 83.3 Å². The lowest BCUT2D eigenvalue weighted by Crippen LogP contribution is -2.25. The molecule has 0 aliphatic carbocycles. The van der Waals surface area contributed by atoms with Crippen LogP contribution in [0.4, 0.5) is 0 Å². The maximum absolute atomic E-state index is 10.4. The van der Waals surface area contributed by atoms with E-state index in [4.69, 9.17) is 5.73 Å². The summed E-state index contributed by atoms with van der Waals surface area (Å²) in [5, 5.41) is 3.13. The zero-order valence-electron chi connectivity index (χ0n) is 8.36. The number of hydrogen-bond donors (Lipinski definition) is 2. The lowest BCUT2D eigenvalue weighted by molar-refractivity contribution is -0.117. The molecule has 0 unspecified atom stereocenters. The average Bonchev–Trinajstić information content (AvgIpc) is 2.51. The fourth-order valence-corrected chi connectivity index (χ4v) is 1.18. The van der Waals surface area contributed by atoms with Crippen molar-refractivity contribution in [3.8, 4) is 0 Å². The van der Waals surface area contributed by atoms with E-state index < -0.39 is 0 Å². The van der Waals surface area contributed by atoms with E-state index in [0.29, 0.717) is 13.0 Å². The van der Waals surface area contributed by atoms with Crippen molar-refractivity contribution in [2.24, 2.45) is 5.73 Å². The molecule has 78 valence electrons. The molecule has 14 heavy (non-hydrogen) atoms. The SMILES string of the molecule is Cc1nccn1CCNCCC(N)=O. The van der Waals surface area contributed by atoms with Crippen LogP contribution in [0.3, 0.4) is 0 Å². The molecule has 1 aromatic heterocycles. The van der Waals surface area contributed by atoms with E-state index in [9.17, 15) is 4.79 Å². The molecule has 3 N–H and O–H groups in total. The second-order valence-corrected chi connectivity index (χ2v) is 3.13. The highest BCUT2D eigenvalue weighted by Crippen LogP contribution is 1.93. The van der Waals surface area contributed by atoms with Crippen LogP contribution in [-0.4, -0.2) is 28.5 Å². The number of nitrogens with one attached hydrogen (secondary N) is 1. The van der Waals surface area contributed by atoms with E-state index >= 15 is 0 Å². The molecule has 0 bridgehead atoms. The van der Waals surface area contributed by atoms with Crippen LogP contribution >= 0.6 is 0 Å². The molecule has 0 aliphatic heterocycles. The minimum Gasteiger partial charge on any atom is -0.370 e. The van der Waals surface area contributed by atoms with Crippen molar-refractivity contribution in [2.75, 3.05) is 13.1 Å². The lowest BCUT2D eigenvalue weighted by atomic mass is 10.4. The van der Waals surface area contributed by atoms with Crippen molar-refractivity contribution >= 4 is 5.91 Å². The minimum atomic E-state index is -0.267. The molecule has 5 heteroatoms. The van der Waals surface area contributed by atoms with Gasteiger partial charge in [0.25, 0.3) is 0 Å².